The van der Waals surface area contributed by atoms with Gasteiger partial charge in [-0.1, -0.05) is 0 Å². The highest BCUT2D eigenvalue weighted by atomic mass is 16.6. The van der Waals surface area contributed by atoms with Crippen LogP contribution in [-0.4, -0.2) is 46.1 Å². The van der Waals surface area contributed by atoms with Crippen LogP contribution in [0.4, 0.5) is 16.6 Å². The molecule has 2 aromatic heterocycles. The molecule has 0 aromatic carbocycles. The van der Waals surface area contributed by atoms with Crippen molar-refractivity contribution in [2.45, 2.75) is 25.4 Å². The summed E-state index contributed by atoms with van der Waals surface area (Å²) in [6.45, 7) is 1.20. The number of ether oxygens (including phenoxy) is 1. The van der Waals surface area contributed by atoms with Crippen LogP contribution in [0.25, 0.3) is 11.0 Å². The van der Waals surface area contributed by atoms with Crippen LogP contribution >= 0.6 is 0 Å². The summed E-state index contributed by atoms with van der Waals surface area (Å²) in [5.74, 6) is 1.04. The second-order valence-corrected chi connectivity index (χ2v) is 6.17. The van der Waals surface area contributed by atoms with Gasteiger partial charge in [-0.2, -0.15) is 9.97 Å². The normalized spacial score (nSPS) is 20.3. The predicted octanol–water partition coefficient (Wildman–Crippen LogP) is 0.980. The SMILES string of the molecule is NC(=O)OC1CCN(c2nc(NC(=O)C3CC3)nc3[nH]ccc23)C1. The van der Waals surface area contributed by atoms with Crippen LogP contribution in [0, 0.1) is 5.92 Å². The molecule has 1 aliphatic carbocycles. The lowest BCUT2D eigenvalue weighted by Gasteiger charge is -2.19. The Bertz CT molecular complexity index is 800. The molecule has 1 aliphatic heterocycles. The molecule has 2 fully saturated rings. The van der Waals surface area contributed by atoms with Gasteiger partial charge >= 0.3 is 6.09 Å². The van der Waals surface area contributed by atoms with E-state index in [1.54, 1.807) is 6.20 Å². The molecule has 2 aliphatic rings. The van der Waals surface area contributed by atoms with Gasteiger partial charge in [-0.05, 0) is 18.9 Å². The number of rotatable bonds is 4. The Morgan fingerprint density at radius 2 is 2.17 bits per heavy atom. The first-order chi connectivity index (χ1) is 11.6. The summed E-state index contributed by atoms with van der Waals surface area (Å²) in [5.41, 5.74) is 5.74. The number of carbonyl (C=O) groups is 2. The molecule has 4 N–H and O–H groups in total. The van der Waals surface area contributed by atoms with Crippen LogP contribution in [0.15, 0.2) is 12.3 Å². The lowest BCUT2D eigenvalue weighted by Crippen LogP contribution is -2.28. The zero-order valence-corrected chi connectivity index (χ0v) is 13.0. The zero-order chi connectivity index (χ0) is 16.7. The molecule has 1 unspecified atom stereocenters. The minimum atomic E-state index is -0.770. The third kappa shape index (κ3) is 2.84. The van der Waals surface area contributed by atoms with Crippen molar-refractivity contribution in [1.82, 2.24) is 15.0 Å². The number of H-pyrrole nitrogens is 1. The van der Waals surface area contributed by atoms with E-state index < -0.39 is 6.09 Å². The number of anilines is 2. The van der Waals surface area contributed by atoms with E-state index in [2.05, 4.69) is 20.3 Å². The summed E-state index contributed by atoms with van der Waals surface area (Å²) >= 11 is 0. The summed E-state index contributed by atoms with van der Waals surface area (Å²) in [4.78, 5) is 36.8. The Labute approximate surface area is 137 Å². The highest BCUT2D eigenvalue weighted by Crippen LogP contribution is 2.31. The number of primary amides is 1. The maximum atomic E-state index is 12.0. The fourth-order valence-corrected chi connectivity index (χ4v) is 2.96. The van der Waals surface area contributed by atoms with E-state index in [0.29, 0.717) is 31.0 Å². The van der Waals surface area contributed by atoms with Gasteiger partial charge in [0.15, 0.2) is 0 Å². The summed E-state index contributed by atoms with van der Waals surface area (Å²) in [5, 5.41) is 3.64. The van der Waals surface area contributed by atoms with Gasteiger partial charge in [-0.15, -0.1) is 0 Å². The molecule has 4 rings (SSSR count). The standard InChI is InChI=1S/C15H18N6O3/c16-14(23)24-9-4-6-21(7-9)12-10-3-5-17-11(10)18-15(19-12)20-13(22)8-1-2-8/h3,5,8-9H,1-2,4,6-7H2,(H2,16,23)(H2,17,18,19,20,22). The van der Waals surface area contributed by atoms with E-state index in [1.165, 1.54) is 0 Å². The first-order valence-corrected chi connectivity index (χ1v) is 7.97. The van der Waals surface area contributed by atoms with E-state index in [-0.39, 0.29) is 23.9 Å². The number of hydrogen-bond donors (Lipinski definition) is 3. The highest BCUT2D eigenvalue weighted by molar-refractivity contribution is 5.95. The molecule has 126 valence electrons. The fraction of sp³-hybridized carbons (Fsp3) is 0.467. The van der Waals surface area contributed by atoms with E-state index in [1.807, 2.05) is 11.0 Å². The molecule has 1 saturated carbocycles. The van der Waals surface area contributed by atoms with Gasteiger partial charge in [-0.3, -0.25) is 10.1 Å². The number of nitrogens with zero attached hydrogens (tertiary/aromatic N) is 3. The lowest BCUT2D eigenvalue weighted by molar-refractivity contribution is -0.117. The monoisotopic (exact) mass is 330 g/mol. The van der Waals surface area contributed by atoms with Gasteiger partial charge in [0.25, 0.3) is 0 Å². The average Bonchev–Trinajstić information content (AvgIpc) is 3.11. The van der Waals surface area contributed by atoms with Gasteiger partial charge in [0.2, 0.25) is 11.9 Å². The molecule has 24 heavy (non-hydrogen) atoms. The van der Waals surface area contributed by atoms with Crippen LogP contribution in [0.2, 0.25) is 0 Å². The fourth-order valence-electron chi connectivity index (χ4n) is 2.96. The second kappa shape index (κ2) is 5.66. The zero-order valence-electron chi connectivity index (χ0n) is 13.0. The summed E-state index contributed by atoms with van der Waals surface area (Å²) in [6.07, 6.45) is 3.28. The van der Waals surface area contributed by atoms with Crippen molar-refractivity contribution < 1.29 is 14.3 Å². The first-order valence-electron chi connectivity index (χ1n) is 7.97. The van der Waals surface area contributed by atoms with Crippen LogP contribution in [0.1, 0.15) is 19.3 Å². The number of hydrogen-bond acceptors (Lipinski definition) is 6. The number of carbonyl (C=O) groups excluding carboxylic acids is 2. The molecule has 2 amide bonds. The van der Waals surface area contributed by atoms with Crippen molar-refractivity contribution in [3.63, 3.8) is 0 Å². The Balaban J connectivity index is 1.60. The molecule has 1 atom stereocenters. The van der Waals surface area contributed by atoms with E-state index in [9.17, 15) is 9.59 Å². The van der Waals surface area contributed by atoms with Gasteiger partial charge in [0.05, 0.1) is 11.9 Å². The summed E-state index contributed by atoms with van der Waals surface area (Å²) in [7, 11) is 0. The number of fused-ring (bicyclic) bond motifs is 1. The Morgan fingerprint density at radius 1 is 1.33 bits per heavy atom. The van der Waals surface area contributed by atoms with Crippen LogP contribution in [0.3, 0.4) is 0 Å². The van der Waals surface area contributed by atoms with Gasteiger partial charge in [0, 0.05) is 25.1 Å². The summed E-state index contributed by atoms with van der Waals surface area (Å²) < 4.78 is 5.07. The Hall–Kier alpha value is -2.84. The second-order valence-electron chi connectivity index (χ2n) is 6.17. The molecule has 9 nitrogen and oxygen atoms in total. The quantitative estimate of drug-likeness (QED) is 0.767. The number of aromatic nitrogens is 3. The topological polar surface area (TPSA) is 126 Å². The molecule has 0 bridgehead atoms. The summed E-state index contributed by atoms with van der Waals surface area (Å²) in [6, 6.07) is 1.89. The van der Waals surface area contributed by atoms with Crippen LogP contribution in [0.5, 0.6) is 0 Å². The molecule has 2 aromatic rings. The third-order valence-corrected chi connectivity index (χ3v) is 4.31. The number of aromatic amines is 1. The van der Waals surface area contributed by atoms with Crippen molar-refractivity contribution in [1.29, 1.82) is 0 Å². The predicted molar refractivity (Wildman–Crippen MR) is 86.5 cm³/mol. The smallest absolute Gasteiger partial charge is 0.404 e. The Morgan fingerprint density at radius 3 is 2.92 bits per heavy atom. The molecular formula is C15H18N6O3. The molecule has 0 radical (unpaired) electrons. The van der Waals surface area contributed by atoms with Crippen LogP contribution in [-0.2, 0) is 9.53 Å². The number of nitrogens with two attached hydrogens (primary N) is 1. The van der Waals surface area contributed by atoms with Crippen LogP contribution < -0.4 is 16.0 Å². The third-order valence-electron chi connectivity index (χ3n) is 4.31. The highest BCUT2D eigenvalue weighted by Gasteiger charge is 2.31. The molecule has 9 heteroatoms. The maximum absolute atomic E-state index is 12.0. The van der Waals surface area contributed by atoms with E-state index in [0.717, 1.165) is 18.2 Å². The molecule has 0 spiro atoms. The van der Waals surface area contributed by atoms with Gasteiger partial charge < -0.3 is 20.4 Å². The molecule has 3 heterocycles. The number of amides is 2. The average molecular weight is 330 g/mol. The molecule has 1 saturated heterocycles. The lowest BCUT2D eigenvalue weighted by atomic mass is 10.3. The van der Waals surface area contributed by atoms with Crippen molar-refractivity contribution in [2.24, 2.45) is 11.7 Å². The number of nitrogens with one attached hydrogen (secondary N) is 2. The minimum Gasteiger partial charge on any atom is -0.444 e. The van der Waals surface area contributed by atoms with E-state index in [4.69, 9.17) is 10.5 Å². The van der Waals surface area contributed by atoms with E-state index >= 15 is 0 Å². The maximum Gasteiger partial charge on any atom is 0.404 e. The van der Waals surface area contributed by atoms with Gasteiger partial charge in [0.1, 0.15) is 17.6 Å². The van der Waals surface area contributed by atoms with Crippen molar-refractivity contribution in [3.05, 3.63) is 12.3 Å². The van der Waals surface area contributed by atoms with Crippen molar-refractivity contribution in [3.8, 4) is 0 Å². The largest absolute Gasteiger partial charge is 0.444 e. The molecular weight excluding hydrogens is 312 g/mol. The minimum absolute atomic E-state index is 0.0387. The Kier molecular flexibility index (Phi) is 3.47. The van der Waals surface area contributed by atoms with Crippen molar-refractivity contribution >= 4 is 34.8 Å². The van der Waals surface area contributed by atoms with Crippen molar-refractivity contribution in [2.75, 3.05) is 23.3 Å². The van der Waals surface area contributed by atoms with Gasteiger partial charge in [-0.25, -0.2) is 4.79 Å². The first kappa shape index (κ1) is 14.7.